The Kier molecular flexibility index (Phi) is 5.34. The fourth-order valence-electron chi connectivity index (χ4n) is 3.69. The average molecular weight is 383 g/mol. The molecule has 0 amide bonds. The molecule has 1 N–H and O–H groups in total. The fraction of sp³-hybridized carbons (Fsp3) is 0.368. The number of ketones is 1. The summed E-state index contributed by atoms with van der Waals surface area (Å²) in [5.41, 5.74) is 0.0467. The first kappa shape index (κ1) is 19.1. The molecule has 1 aliphatic heterocycles. The van der Waals surface area contributed by atoms with Gasteiger partial charge in [0.05, 0.1) is 18.4 Å². The third-order valence-electron chi connectivity index (χ3n) is 4.80. The Morgan fingerprint density at radius 2 is 2.07 bits per heavy atom. The summed E-state index contributed by atoms with van der Waals surface area (Å²) in [5, 5.41) is 2.76. The average Bonchev–Trinajstić information content (AvgIpc) is 3.01. The maximum absolute atomic E-state index is 14.3. The number of nitrogens with one attached hydrogen (secondary N) is 1. The molecule has 8 heteroatoms. The van der Waals surface area contributed by atoms with E-state index in [1.54, 1.807) is 0 Å². The van der Waals surface area contributed by atoms with Gasteiger partial charge in [-0.15, -0.1) is 0 Å². The summed E-state index contributed by atoms with van der Waals surface area (Å²) in [5.74, 6) is -3.23. The first-order valence-corrected chi connectivity index (χ1v) is 8.35. The molecule has 2 aliphatic rings. The minimum atomic E-state index is -2.83. The lowest BCUT2D eigenvalue weighted by molar-refractivity contribution is -0.136. The zero-order chi connectivity index (χ0) is 19.7. The Morgan fingerprint density at radius 3 is 2.70 bits per heavy atom. The number of carbonyl (C=O) groups excluding carboxylic acids is 2. The van der Waals surface area contributed by atoms with Gasteiger partial charge in [-0.2, -0.15) is 0 Å². The van der Waals surface area contributed by atoms with Crippen LogP contribution in [0, 0.1) is 5.82 Å². The maximum Gasteiger partial charge on any atom is 0.336 e. The maximum atomic E-state index is 14.3. The highest BCUT2D eigenvalue weighted by atomic mass is 19.3. The number of benzene rings is 1. The van der Waals surface area contributed by atoms with Crippen LogP contribution in [0.15, 0.2) is 40.7 Å². The first-order chi connectivity index (χ1) is 12.9. The topological polar surface area (TPSA) is 55.4 Å². The molecule has 0 saturated carbocycles. The molecule has 144 valence electrons. The fourth-order valence-corrected chi connectivity index (χ4v) is 3.69. The highest BCUT2D eigenvalue weighted by Crippen LogP contribution is 2.45. The van der Waals surface area contributed by atoms with Gasteiger partial charge < -0.3 is 10.1 Å². The van der Waals surface area contributed by atoms with E-state index in [9.17, 15) is 27.2 Å². The number of methoxy groups -OCH3 is 1. The van der Waals surface area contributed by atoms with Crippen LogP contribution in [0.4, 0.5) is 17.6 Å². The molecule has 1 heterocycles. The molecule has 0 aromatic heterocycles. The monoisotopic (exact) mass is 383 g/mol. The molecule has 1 aliphatic carbocycles. The molecule has 3 rings (SSSR count). The SMILES string of the molecule is COC(=O)C1=C(CF)NC2=C(C(=O)CC2)C1c1cccc(F)c1CC(F)F. The second kappa shape index (κ2) is 7.54. The number of carbonyl (C=O) groups is 2. The summed E-state index contributed by atoms with van der Waals surface area (Å²) >= 11 is 0. The number of hydrogen-bond acceptors (Lipinski definition) is 4. The number of dihydropyridines is 1. The van der Waals surface area contributed by atoms with Gasteiger partial charge in [0.15, 0.2) is 5.78 Å². The lowest BCUT2D eigenvalue weighted by atomic mass is 9.78. The van der Waals surface area contributed by atoms with E-state index in [0.29, 0.717) is 12.1 Å². The van der Waals surface area contributed by atoms with Crippen molar-refractivity contribution in [3.8, 4) is 0 Å². The Balaban J connectivity index is 2.27. The molecule has 1 atom stereocenters. The van der Waals surface area contributed by atoms with Crippen molar-refractivity contribution in [2.75, 3.05) is 13.8 Å². The van der Waals surface area contributed by atoms with E-state index in [2.05, 4.69) is 5.32 Å². The van der Waals surface area contributed by atoms with Crippen molar-refractivity contribution < 1.29 is 31.9 Å². The zero-order valence-electron chi connectivity index (χ0n) is 14.5. The normalized spacial score (nSPS) is 19.5. The third-order valence-corrected chi connectivity index (χ3v) is 4.80. The van der Waals surface area contributed by atoms with E-state index < -0.39 is 37.2 Å². The van der Waals surface area contributed by atoms with Crippen LogP contribution in [0.2, 0.25) is 0 Å². The number of rotatable bonds is 5. The van der Waals surface area contributed by atoms with E-state index in [1.807, 2.05) is 0 Å². The van der Waals surface area contributed by atoms with E-state index in [4.69, 9.17) is 4.74 Å². The van der Waals surface area contributed by atoms with Crippen LogP contribution < -0.4 is 5.32 Å². The summed E-state index contributed by atoms with van der Waals surface area (Å²) in [7, 11) is 1.09. The Bertz CT molecular complexity index is 861. The molecule has 0 fully saturated rings. The van der Waals surface area contributed by atoms with Crippen LogP contribution in [0.1, 0.15) is 29.9 Å². The van der Waals surface area contributed by atoms with Gasteiger partial charge in [-0.3, -0.25) is 4.79 Å². The second-order valence-electron chi connectivity index (χ2n) is 6.29. The van der Waals surface area contributed by atoms with Crippen LogP contribution in [-0.4, -0.2) is 32.0 Å². The number of halogens is 4. The zero-order valence-corrected chi connectivity index (χ0v) is 14.5. The van der Waals surface area contributed by atoms with Crippen molar-refractivity contribution in [3.63, 3.8) is 0 Å². The van der Waals surface area contributed by atoms with E-state index in [1.165, 1.54) is 12.1 Å². The van der Waals surface area contributed by atoms with E-state index in [-0.39, 0.29) is 40.2 Å². The molecule has 1 aromatic carbocycles. The second-order valence-corrected chi connectivity index (χ2v) is 6.29. The summed E-state index contributed by atoms with van der Waals surface area (Å²) in [4.78, 5) is 24.8. The van der Waals surface area contributed by atoms with Crippen molar-refractivity contribution in [2.45, 2.75) is 31.6 Å². The van der Waals surface area contributed by atoms with Gasteiger partial charge in [0.25, 0.3) is 0 Å². The summed E-state index contributed by atoms with van der Waals surface area (Å²) in [6.45, 7) is -1.05. The molecule has 0 spiro atoms. The predicted octanol–water partition coefficient (Wildman–Crippen LogP) is 3.33. The first-order valence-electron chi connectivity index (χ1n) is 8.35. The number of Topliss-reactive ketones (excluding diaryl/α,β-unsaturated/α-hetero) is 1. The Morgan fingerprint density at radius 1 is 1.33 bits per heavy atom. The van der Waals surface area contributed by atoms with Crippen molar-refractivity contribution in [2.24, 2.45) is 0 Å². The van der Waals surface area contributed by atoms with Gasteiger partial charge in [0.1, 0.15) is 12.5 Å². The Hall–Kier alpha value is -2.64. The lowest BCUT2D eigenvalue weighted by Gasteiger charge is -2.30. The molecule has 27 heavy (non-hydrogen) atoms. The minimum Gasteiger partial charge on any atom is -0.466 e. The molecular formula is C19H17F4NO3. The van der Waals surface area contributed by atoms with Crippen LogP contribution in [0.5, 0.6) is 0 Å². The van der Waals surface area contributed by atoms with Crippen LogP contribution in [0.25, 0.3) is 0 Å². The van der Waals surface area contributed by atoms with E-state index in [0.717, 1.165) is 13.2 Å². The highest BCUT2D eigenvalue weighted by Gasteiger charge is 2.42. The number of alkyl halides is 3. The predicted molar refractivity (Wildman–Crippen MR) is 88.3 cm³/mol. The largest absolute Gasteiger partial charge is 0.466 e. The highest BCUT2D eigenvalue weighted by molar-refractivity contribution is 6.05. The molecule has 1 unspecified atom stereocenters. The molecular weight excluding hydrogens is 366 g/mol. The van der Waals surface area contributed by atoms with Gasteiger partial charge in [-0.1, -0.05) is 12.1 Å². The molecule has 0 saturated heterocycles. The van der Waals surface area contributed by atoms with Crippen molar-refractivity contribution in [1.82, 2.24) is 5.32 Å². The number of esters is 1. The van der Waals surface area contributed by atoms with Gasteiger partial charge >= 0.3 is 5.97 Å². The van der Waals surface area contributed by atoms with Crippen LogP contribution >= 0.6 is 0 Å². The van der Waals surface area contributed by atoms with Gasteiger partial charge in [-0.25, -0.2) is 22.4 Å². The third kappa shape index (κ3) is 3.36. The van der Waals surface area contributed by atoms with Gasteiger partial charge in [0.2, 0.25) is 6.43 Å². The van der Waals surface area contributed by atoms with Crippen LogP contribution in [0.3, 0.4) is 0 Å². The quantitative estimate of drug-likeness (QED) is 0.626. The summed E-state index contributed by atoms with van der Waals surface area (Å²) < 4.78 is 58.8. The summed E-state index contributed by atoms with van der Waals surface area (Å²) in [6, 6.07) is 3.72. The molecule has 4 nitrogen and oxygen atoms in total. The Labute approximate surface area is 152 Å². The molecule has 0 radical (unpaired) electrons. The number of ether oxygens (including phenoxy) is 1. The smallest absolute Gasteiger partial charge is 0.336 e. The lowest BCUT2D eigenvalue weighted by Crippen LogP contribution is -2.32. The minimum absolute atomic E-state index is 0.0471. The molecule has 1 aromatic rings. The van der Waals surface area contributed by atoms with Crippen molar-refractivity contribution >= 4 is 11.8 Å². The van der Waals surface area contributed by atoms with Crippen LogP contribution in [-0.2, 0) is 20.7 Å². The molecule has 0 bridgehead atoms. The van der Waals surface area contributed by atoms with Crippen molar-refractivity contribution in [1.29, 1.82) is 0 Å². The van der Waals surface area contributed by atoms with E-state index >= 15 is 0 Å². The van der Waals surface area contributed by atoms with Crippen molar-refractivity contribution in [3.05, 3.63) is 57.7 Å². The standard InChI is InChI=1S/C19H17F4NO3/c1-27-19(26)18-13(8-20)24-12-5-6-14(25)17(12)16(18)9-3-2-4-11(21)10(9)7-15(22)23/h2-4,15-16,24H,5-8H2,1H3. The number of hydrogen-bond donors (Lipinski definition) is 1. The summed E-state index contributed by atoms with van der Waals surface area (Å²) in [6.07, 6.45) is -3.27. The van der Waals surface area contributed by atoms with Gasteiger partial charge in [-0.05, 0) is 23.6 Å². The van der Waals surface area contributed by atoms with Gasteiger partial charge in [0, 0.05) is 30.0 Å². The number of allylic oxidation sites excluding steroid dienone is 3.